The van der Waals surface area contributed by atoms with Crippen molar-refractivity contribution in [1.29, 1.82) is 0 Å². The second kappa shape index (κ2) is 32.4. The highest BCUT2D eigenvalue weighted by Gasteiger charge is 2.28. The molecule has 1 aliphatic rings. The summed E-state index contributed by atoms with van der Waals surface area (Å²) in [6.45, 7) is 19.0. The predicted octanol–water partition coefficient (Wildman–Crippen LogP) is 12.0. The Morgan fingerprint density at radius 2 is 1.66 bits per heavy atom. The zero-order chi connectivity index (χ0) is 59.1. The van der Waals surface area contributed by atoms with E-state index in [4.69, 9.17) is 33.3 Å². The Hall–Kier alpha value is -6.72. The van der Waals surface area contributed by atoms with Gasteiger partial charge in [0.2, 0.25) is 12.3 Å². The van der Waals surface area contributed by atoms with Gasteiger partial charge in [0, 0.05) is 118 Å². The van der Waals surface area contributed by atoms with Crippen LogP contribution in [0.4, 0.5) is 5.69 Å². The summed E-state index contributed by atoms with van der Waals surface area (Å²) in [6.07, 6.45) is 20.1. The number of nitrogens with one attached hydrogen (secondary N) is 5. The van der Waals surface area contributed by atoms with Gasteiger partial charge in [-0.2, -0.15) is 10.2 Å². The van der Waals surface area contributed by atoms with E-state index in [-0.39, 0.29) is 23.6 Å². The zero-order valence-corrected chi connectivity index (χ0v) is 50.9. The number of H-pyrrole nitrogens is 1. The first-order chi connectivity index (χ1) is 40.2. The molecule has 0 fully saturated rings. The van der Waals surface area contributed by atoms with E-state index >= 15 is 0 Å². The van der Waals surface area contributed by atoms with E-state index in [0.29, 0.717) is 66.5 Å². The number of carbonyl (C=O) groups is 3. The van der Waals surface area contributed by atoms with Crippen LogP contribution in [0.2, 0.25) is 10.0 Å². The molecule has 2 amide bonds. The number of hydrogen-bond donors (Lipinski definition) is 6. The van der Waals surface area contributed by atoms with Crippen molar-refractivity contribution in [2.24, 2.45) is 17.5 Å². The van der Waals surface area contributed by atoms with E-state index in [1.54, 1.807) is 11.0 Å². The number of nitrogens with zero attached hydrogens (tertiary/aromatic N) is 7. The van der Waals surface area contributed by atoms with Gasteiger partial charge in [0.05, 0.1) is 46.4 Å². The Labute approximate surface area is 501 Å². The molecule has 1 aliphatic heterocycles. The molecular weight excluding hydrogens is 1080 g/mol. The SMILES string of the molecule is C=C(CCCCCCCCCC(=O)NCCCNCc1ccc(-c2c(N=CN(C)CC(C)(CCCC(C)c3ccccc3)CCNC=O)c(C=O)nn2C)cc1)NCCn1ccc(-c2cc(Cl)c(Cl)c3[nH]c4c(c23)CN(C(=C)CO)CC4)n1. The Morgan fingerprint density at radius 1 is 0.916 bits per heavy atom. The van der Waals surface area contributed by atoms with Crippen LogP contribution in [0.3, 0.4) is 0 Å². The standard InChI is InChI=1S/C65H88Cl2N12O4/c1-47(51-21-14-12-15-22-51)19-17-30-65(4,31-34-69-46-82)44-76(5)45-72-62-58(43-81)74-77(6)64(62)52-26-24-50(25-27-52)40-68-32-18-33-71-59(83)23-16-11-9-7-8-10-13-20-48(2)70-35-38-79-37-29-57(75-79)53-39-55(66)61(67)63-60(53)54-41-78(49(3)42-80)36-28-56(54)73-63/h12,14-15,21-22,24-27,29,37,39,43,45-47,68,70,73,80H,2-3,7-11,13,16-20,23,28,30-36,38,40-42,44H2,1,4-6H3,(H,69,82)(H,71,83). The topological polar surface area (TPSA) is 190 Å². The summed E-state index contributed by atoms with van der Waals surface area (Å²) in [5.74, 6) is 0.583. The molecule has 4 heterocycles. The Balaban J connectivity index is 0.723. The lowest BCUT2D eigenvalue weighted by atomic mass is 9.80. The van der Waals surface area contributed by atoms with E-state index in [0.717, 1.165) is 172 Å². The molecule has 18 heteroatoms. The minimum atomic E-state index is -0.0808. The number of aryl methyl sites for hydroxylation is 1. The third-order valence-electron chi connectivity index (χ3n) is 16.1. The Morgan fingerprint density at radius 3 is 2.40 bits per heavy atom. The molecule has 7 rings (SSSR count). The molecule has 2 atom stereocenters. The molecule has 2 unspecified atom stereocenters. The number of aliphatic imine (C=N–C) groups is 1. The number of benzene rings is 3. The smallest absolute Gasteiger partial charge is 0.219 e. The first-order valence-corrected chi connectivity index (χ1v) is 30.5. The van der Waals surface area contributed by atoms with Gasteiger partial charge in [0.25, 0.3) is 0 Å². The van der Waals surface area contributed by atoms with Gasteiger partial charge in [-0.3, -0.25) is 23.7 Å². The van der Waals surface area contributed by atoms with Crippen molar-refractivity contribution in [2.75, 3.05) is 52.9 Å². The van der Waals surface area contributed by atoms with Gasteiger partial charge in [0.1, 0.15) is 5.69 Å². The molecule has 6 N–H and O–H groups in total. The van der Waals surface area contributed by atoms with Gasteiger partial charge in [-0.15, -0.1) is 0 Å². The average molecular weight is 1170 g/mol. The molecule has 83 heavy (non-hydrogen) atoms. The van der Waals surface area contributed by atoms with Crippen LogP contribution < -0.4 is 21.3 Å². The van der Waals surface area contributed by atoms with Gasteiger partial charge in [-0.05, 0) is 86.1 Å². The fourth-order valence-corrected chi connectivity index (χ4v) is 11.8. The lowest BCUT2D eigenvalue weighted by Crippen LogP contribution is -2.35. The number of halogens is 2. The van der Waals surface area contributed by atoms with Gasteiger partial charge in [-0.1, -0.05) is 143 Å². The van der Waals surface area contributed by atoms with Crippen molar-refractivity contribution in [3.05, 3.63) is 136 Å². The third kappa shape index (κ3) is 18.6. The molecule has 3 aromatic carbocycles. The number of aliphatic hydroxyl groups is 1. The summed E-state index contributed by atoms with van der Waals surface area (Å²) in [6, 6.07) is 22.8. The summed E-state index contributed by atoms with van der Waals surface area (Å²) >= 11 is 13.3. The first kappa shape index (κ1) is 63.9. The largest absolute Gasteiger partial charge is 0.390 e. The number of aliphatic hydroxyl groups excluding tert-OH is 1. The number of amides is 2. The van der Waals surface area contributed by atoms with Gasteiger partial charge < -0.3 is 41.2 Å². The van der Waals surface area contributed by atoms with Crippen LogP contribution in [0.1, 0.15) is 143 Å². The molecule has 0 saturated heterocycles. The second-order valence-electron chi connectivity index (χ2n) is 22.8. The van der Waals surface area contributed by atoms with Crippen LogP contribution in [-0.2, 0) is 42.7 Å². The van der Waals surface area contributed by atoms with E-state index in [1.807, 2.05) is 49.2 Å². The Kier molecular flexibility index (Phi) is 24.9. The van der Waals surface area contributed by atoms with E-state index in [1.165, 1.54) is 18.4 Å². The van der Waals surface area contributed by atoms with E-state index in [2.05, 4.69) is 111 Å². The summed E-state index contributed by atoms with van der Waals surface area (Å²) in [4.78, 5) is 48.4. The number of carbonyl (C=O) groups excluding carboxylic acids is 3. The number of unbranched alkanes of at least 4 members (excludes halogenated alkanes) is 6. The number of hydrogen-bond acceptors (Lipinski definition) is 10. The molecule has 16 nitrogen and oxygen atoms in total. The summed E-state index contributed by atoms with van der Waals surface area (Å²) < 4.78 is 3.65. The number of aromatic amines is 1. The van der Waals surface area contributed by atoms with Crippen molar-refractivity contribution in [2.45, 2.75) is 136 Å². The second-order valence-corrected chi connectivity index (χ2v) is 23.6. The molecule has 0 aliphatic carbocycles. The average Bonchev–Trinajstić information content (AvgIpc) is 2.52. The van der Waals surface area contributed by atoms with Crippen LogP contribution in [0.15, 0.2) is 102 Å². The van der Waals surface area contributed by atoms with Crippen molar-refractivity contribution >= 4 is 64.7 Å². The van der Waals surface area contributed by atoms with Gasteiger partial charge in [0.15, 0.2) is 12.0 Å². The molecular formula is C65H88Cl2N12O4. The van der Waals surface area contributed by atoms with Crippen molar-refractivity contribution in [3.8, 4) is 22.5 Å². The fourth-order valence-electron chi connectivity index (χ4n) is 11.4. The number of allylic oxidation sites excluding steroid dienone is 1. The Bertz CT molecular complexity index is 3100. The van der Waals surface area contributed by atoms with Crippen molar-refractivity contribution < 1.29 is 19.5 Å². The van der Waals surface area contributed by atoms with Gasteiger partial charge >= 0.3 is 0 Å². The van der Waals surface area contributed by atoms with Crippen LogP contribution in [0.5, 0.6) is 0 Å². The lowest BCUT2D eigenvalue weighted by Gasteiger charge is -2.33. The van der Waals surface area contributed by atoms with Crippen LogP contribution in [0.25, 0.3) is 33.4 Å². The quantitative estimate of drug-likeness (QED) is 0.00942. The summed E-state index contributed by atoms with van der Waals surface area (Å²) in [5, 5.41) is 34.0. The first-order valence-electron chi connectivity index (χ1n) is 29.8. The maximum absolute atomic E-state index is 12.5. The third-order valence-corrected chi connectivity index (χ3v) is 16.9. The monoisotopic (exact) mass is 1170 g/mol. The maximum Gasteiger partial charge on any atom is 0.219 e. The highest BCUT2D eigenvalue weighted by Crippen LogP contribution is 2.42. The van der Waals surface area contributed by atoms with Crippen LogP contribution in [-0.4, -0.2) is 117 Å². The highest BCUT2D eigenvalue weighted by atomic mass is 35.5. The number of fused-ring (bicyclic) bond motifs is 3. The number of rotatable bonds is 38. The summed E-state index contributed by atoms with van der Waals surface area (Å²) in [7, 11) is 3.83. The minimum Gasteiger partial charge on any atom is -0.390 e. The van der Waals surface area contributed by atoms with Gasteiger partial charge in [-0.25, -0.2) is 4.99 Å². The molecule has 0 bridgehead atoms. The predicted molar refractivity (Wildman–Crippen MR) is 338 cm³/mol. The van der Waals surface area contributed by atoms with Crippen molar-refractivity contribution in [1.82, 2.24) is 55.6 Å². The van der Waals surface area contributed by atoms with E-state index < -0.39 is 0 Å². The normalized spacial score (nSPS) is 13.5. The fraction of sp³-hybridized carbons (Fsp3) is 0.477. The molecule has 0 spiro atoms. The zero-order valence-electron chi connectivity index (χ0n) is 49.4. The van der Waals surface area contributed by atoms with E-state index in [9.17, 15) is 19.5 Å². The lowest BCUT2D eigenvalue weighted by molar-refractivity contribution is -0.121. The molecule has 3 aromatic heterocycles. The minimum absolute atomic E-state index is 0.0730. The number of aldehydes is 1. The number of aromatic nitrogens is 5. The van der Waals surface area contributed by atoms with Crippen LogP contribution in [0, 0.1) is 5.41 Å². The molecule has 6 aromatic rings. The molecule has 0 saturated carbocycles. The van der Waals surface area contributed by atoms with Crippen molar-refractivity contribution in [3.63, 3.8) is 0 Å². The highest BCUT2D eigenvalue weighted by molar-refractivity contribution is 6.45. The van der Waals surface area contributed by atoms with Crippen LogP contribution >= 0.6 is 23.2 Å². The molecule has 446 valence electrons. The molecule has 0 radical (unpaired) electrons. The maximum atomic E-state index is 12.5. The summed E-state index contributed by atoms with van der Waals surface area (Å²) in [5.41, 5.74) is 11.4.